The Hall–Kier alpha value is -1.94. The van der Waals surface area contributed by atoms with E-state index in [4.69, 9.17) is 0 Å². The molecule has 1 fully saturated rings. The molecule has 0 saturated carbocycles. The standard InChI is InChI=1S/C19H25N3O/c1-3-17-13-15(2)20-18(21-17)22-11-9-19(14-23,10-12-22)16-7-5-4-6-8-16/h4-8,13,23H,3,9-12,14H2,1-2H3. The molecule has 0 bridgehead atoms. The molecule has 0 amide bonds. The maximum absolute atomic E-state index is 10.0. The van der Waals surface area contributed by atoms with Crippen molar-refractivity contribution in [3.05, 3.63) is 53.3 Å². The van der Waals surface area contributed by atoms with E-state index in [-0.39, 0.29) is 12.0 Å². The largest absolute Gasteiger partial charge is 0.395 e. The van der Waals surface area contributed by atoms with Crippen LogP contribution in [0.25, 0.3) is 0 Å². The molecule has 4 heteroatoms. The third kappa shape index (κ3) is 3.22. The summed E-state index contributed by atoms with van der Waals surface area (Å²) < 4.78 is 0. The molecule has 0 atom stereocenters. The second-order valence-electron chi connectivity index (χ2n) is 6.45. The molecule has 0 radical (unpaired) electrons. The monoisotopic (exact) mass is 311 g/mol. The SMILES string of the molecule is CCc1cc(C)nc(N2CCC(CO)(c3ccccc3)CC2)n1. The topological polar surface area (TPSA) is 49.2 Å². The lowest BCUT2D eigenvalue weighted by molar-refractivity contribution is 0.165. The number of piperidine rings is 1. The molecule has 1 saturated heterocycles. The molecule has 0 aliphatic carbocycles. The first-order valence-corrected chi connectivity index (χ1v) is 8.43. The first-order valence-electron chi connectivity index (χ1n) is 8.43. The first kappa shape index (κ1) is 15.9. The van der Waals surface area contributed by atoms with Crippen LogP contribution in [-0.2, 0) is 11.8 Å². The lowest BCUT2D eigenvalue weighted by Gasteiger charge is -2.41. The van der Waals surface area contributed by atoms with Gasteiger partial charge in [0.1, 0.15) is 0 Å². The van der Waals surface area contributed by atoms with Gasteiger partial charge >= 0.3 is 0 Å². The van der Waals surface area contributed by atoms with Crippen molar-refractivity contribution in [3.63, 3.8) is 0 Å². The molecule has 23 heavy (non-hydrogen) atoms. The second kappa shape index (κ2) is 6.67. The van der Waals surface area contributed by atoms with E-state index in [9.17, 15) is 5.11 Å². The summed E-state index contributed by atoms with van der Waals surface area (Å²) in [6, 6.07) is 12.4. The maximum Gasteiger partial charge on any atom is 0.225 e. The van der Waals surface area contributed by atoms with Crippen LogP contribution >= 0.6 is 0 Å². The van der Waals surface area contributed by atoms with E-state index in [1.807, 2.05) is 13.0 Å². The average molecular weight is 311 g/mol. The van der Waals surface area contributed by atoms with Gasteiger partial charge in [-0.05, 0) is 37.8 Å². The van der Waals surface area contributed by atoms with Gasteiger partial charge in [-0.1, -0.05) is 37.3 Å². The van der Waals surface area contributed by atoms with Crippen molar-refractivity contribution in [3.8, 4) is 0 Å². The van der Waals surface area contributed by atoms with Crippen molar-refractivity contribution in [2.75, 3.05) is 24.6 Å². The second-order valence-corrected chi connectivity index (χ2v) is 6.45. The van der Waals surface area contributed by atoms with E-state index in [1.165, 1.54) is 5.56 Å². The molecule has 1 aliphatic rings. The molecule has 0 spiro atoms. The van der Waals surface area contributed by atoms with Crippen LogP contribution in [0.1, 0.15) is 36.7 Å². The Balaban J connectivity index is 1.79. The van der Waals surface area contributed by atoms with Gasteiger partial charge in [0.15, 0.2) is 0 Å². The number of rotatable bonds is 4. The van der Waals surface area contributed by atoms with E-state index in [2.05, 4.69) is 52.1 Å². The van der Waals surface area contributed by atoms with Crippen LogP contribution in [0.3, 0.4) is 0 Å². The summed E-state index contributed by atoms with van der Waals surface area (Å²) in [5, 5.41) is 10.0. The highest BCUT2D eigenvalue weighted by molar-refractivity contribution is 5.36. The number of anilines is 1. The van der Waals surface area contributed by atoms with Gasteiger partial charge in [0, 0.05) is 29.9 Å². The quantitative estimate of drug-likeness (QED) is 0.943. The highest BCUT2D eigenvalue weighted by Gasteiger charge is 2.36. The summed E-state index contributed by atoms with van der Waals surface area (Å²) in [5.74, 6) is 0.835. The van der Waals surface area contributed by atoms with E-state index < -0.39 is 0 Å². The fourth-order valence-corrected chi connectivity index (χ4v) is 3.40. The number of aliphatic hydroxyl groups is 1. The Morgan fingerprint density at radius 3 is 2.43 bits per heavy atom. The van der Waals surface area contributed by atoms with Crippen molar-refractivity contribution in [1.82, 2.24) is 9.97 Å². The first-order chi connectivity index (χ1) is 11.2. The van der Waals surface area contributed by atoms with E-state index in [0.29, 0.717) is 0 Å². The number of aryl methyl sites for hydroxylation is 2. The molecular weight excluding hydrogens is 286 g/mol. The van der Waals surface area contributed by atoms with Gasteiger partial charge in [0.25, 0.3) is 0 Å². The van der Waals surface area contributed by atoms with E-state index in [0.717, 1.165) is 49.7 Å². The number of hydrogen-bond donors (Lipinski definition) is 1. The van der Waals surface area contributed by atoms with Crippen LogP contribution in [-0.4, -0.2) is 34.8 Å². The minimum Gasteiger partial charge on any atom is -0.395 e. The fourth-order valence-electron chi connectivity index (χ4n) is 3.40. The minimum absolute atomic E-state index is 0.130. The van der Waals surface area contributed by atoms with Crippen molar-refractivity contribution in [1.29, 1.82) is 0 Å². The van der Waals surface area contributed by atoms with Crippen LogP contribution in [0.4, 0.5) is 5.95 Å². The van der Waals surface area contributed by atoms with Crippen molar-refractivity contribution >= 4 is 5.95 Å². The van der Waals surface area contributed by atoms with Gasteiger partial charge in [0.2, 0.25) is 5.95 Å². The number of hydrogen-bond acceptors (Lipinski definition) is 4. The summed E-state index contributed by atoms with van der Waals surface area (Å²) in [4.78, 5) is 11.5. The van der Waals surface area contributed by atoms with E-state index >= 15 is 0 Å². The molecule has 0 unspecified atom stereocenters. The molecule has 2 aromatic rings. The van der Waals surface area contributed by atoms with Crippen LogP contribution in [0.2, 0.25) is 0 Å². The lowest BCUT2D eigenvalue weighted by Crippen LogP contribution is -2.45. The van der Waals surface area contributed by atoms with E-state index in [1.54, 1.807) is 0 Å². The van der Waals surface area contributed by atoms with Gasteiger partial charge in [-0.2, -0.15) is 0 Å². The van der Waals surface area contributed by atoms with Crippen LogP contribution < -0.4 is 4.90 Å². The zero-order valence-corrected chi connectivity index (χ0v) is 14.0. The molecular formula is C19H25N3O. The average Bonchev–Trinajstić information content (AvgIpc) is 2.62. The van der Waals surface area contributed by atoms with Gasteiger partial charge in [-0.15, -0.1) is 0 Å². The molecule has 122 valence electrons. The minimum atomic E-state index is -0.130. The lowest BCUT2D eigenvalue weighted by atomic mass is 9.73. The Morgan fingerprint density at radius 2 is 1.83 bits per heavy atom. The predicted octanol–water partition coefficient (Wildman–Crippen LogP) is 2.88. The summed E-state index contributed by atoms with van der Waals surface area (Å²) in [6.45, 7) is 6.09. The number of aromatic nitrogens is 2. The third-order valence-corrected chi connectivity index (χ3v) is 4.95. The van der Waals surface area contributed by atoms with Gasteiger partial charge < -0.3 is 10.0 Å². The highest BCUT2D eigenvalue weighted by Crippen LogP contribution is 2.35. The Morgan fingerprint density at radius 1 is 1.13 bits per heavy atom. The van der Waals surface area contributed by atoms with Crippen LogP contribution in [0.5, 0.6) is 0 Å². The van der Waals surface area contributed by atoms with Crippen LogP contribution in [0, 0.1) is 6.92 Å². The number of benzene rings is 1. The Kier molecular flexibility index (Phi) is 4.62. The van der Waals surface area contributed by atoms with Crippen molar-refractivity contribution < 1.29 is 5.11 Å². The molecule has 1 aromatic carbocycles. The zero-order valence-electron chi connectivity index (χ0n) is 14.0. The molecule has 1 aliphatic heterocycles. The summed E-state index contributed by atoms with van der Waals surface area (Å²) in [6.07, 6.45) is 2.77. The van der Waals surface area contributed by atoms with Gasteiger partial charge in [-0.3, -0.25) is 0 Å². The smallest absolute Gasteiger partial charge is 0.225 e. The van der Waals surface area contributed by atoms with Gasteiger partial charge in [0.05, 0.1) is 6.61 Å². The number of aliphatic hydroxyl groups excluding tert-OH is 1. The normalized spacial score (nSPS) is 17.3. The Bertz CT molecular complexity index is 649. The molecule has 1 N–H and O–H groups in total. The molecule has 2 heterocycles. The molecule has 4 nitrogen and oxygen atoms in total. The van der Waals surface area contributed by atoms with Gasteiger partial charge in [-0.25, -0.2) is 9.97 Å². The highest BCUT2D eigenvalue weighted by atomic mass is 16.3. The molecule has 3 rings (SSSR count). The number of nitrogens with zero attached hydrogens (tertiary/aromatic N) is 3. The third-order valence-electron chi connectivity index (χ3n) is 4.95. The summed E-state index contributed by atoms with van der Waals surface area (Å²) in [5.41, 5.74) is 3.22. The molecule has 1 aromatic heterocycles. The van der Waals surface area contributed by atoms with Crippen LogP contribution in [0.15, 0.2) is 36.4 Å². The predicted molar refractivity (Wildman–Crippen MR) is 92.8 cm³/mol. The zero-order chi connectivity index (χ0) is 16.3. The van der Waals surface area contributed by atoms with Crippen molar-refractivity contribution in [2.24, 2.45) is 0 Å². The van der Waals surface area contributed by atoms with Crippen molar-refractivity contribution in [2.45, 2.75) is 38.5 Å². The fraction of sp³-hybridized carbons (Fsp3) is 0.474. The maximum atomic E-state index is 10.0. The summed E-state index contributed by atoms with van der Waals surface area (Å²) in [7, 11) is 0. The summed E-state index contributed by atoms with van der Waals surface area (Å²) >= 11 is 0. The Labute approximate surface area is 138 Å².